The number of Topliss-reactive ketones (excluding diaryl/α,β-unsaturated/α-hetero) is 3. The lowest BCUT2D eigenvalue weighted by atomic mass is 9.88. The summed E-state index contributed by atoms with van der Waals surface area (Å²) in [4.78, 5) is 197. The fourth-order valence-corrected chi connectivity index (χ4v) is 20.0. The Morgan fingerprint density at radius 2 is 0.719 bits per heavy atom. The molecule has 0 aromatic heterocycles. The van der Waals surface area contributed by atoms with Gasteiger partial charge in [-0.2, -0.15) is 0 Å². The molecule has 10 rings (SSSR count). The third kappa shape index (κ3) is 33.1. The van der Waals surface area contributed by atoms with Crippen LogP contribution in [0.5, 0.6) is 11.5 Å². The number of hydrogen-bond donors (Lipinski definition) is 10. The molecule has 0 unspecified atom stereocenters. The van der Waals surface area contributed by atoms with E-state index in [4.69, 9.17) is 18.9 Å². The minimum Gasteiger partial charge on any atom is -0.508 e. The highest BCUT2D eigenvalue weighted by Crippen LogP contribution is 2.31. The molecule has 0 spiro atoms. The Labute approximate surface area is 728 Å². The van der Waals surface area contributed by atoms with Crippen LogP contribution in [0.1, 0.15) is 116 Å². The van der Waals surface area contributed by atoms with Crippen molar-refractivity contribution < 1.29 is 96.0 Å². The molecule has 6 heterocycles. The zero-order valence-corrected chi connectivity index (χ0v) is 73.7. The van der Waals surface area contributed by atoms with Gasteiger partial charge in [-0.05, 0) is 107 Å². The van der Waals surface area contributed by atoms with Crippen LogP contribution in [0.25, 0.3) is 10.8 Å². The topological polar surface area (TPSA) is 421 Å². The Morgan fingerprint density at radius 3 is 1.07 bits per heavy atom. The van der Waals surface area contributed by atoms with Gasteiger partial charge in [-0.15, -0.1) is 0 Å². The van der Waals surface area contributed by atoms with Gasteiger partial charge in [0, 0.05) is 110 Å². The summed E-state index contributed by atoms with van der Waals surface area (Å²) in [5, 5.41) is 36.1. The average molecular weight is 1780 g/mol. The van der Waals surface area contributed by atoms with Crippen molar-refractivity contribution >= 4 is 164 Å². The number of esters is 3. The van der Waals surface area contributed by atoms with Crippen molar-refractivity contribution in [1.29, 1.82) is 0 Å². The van der Waals surface area contributed by atoms with Crippen LogP contribution in [-0.2, 0) is 105 Å². The molecule has 3 fully saturated rings. The minimum atomic E-state index is -1.06. The van der Waals surface area contributed by atoms with Gasteiger partial charge in [-0.25, -0.2) is 0 Å². The molecule has 121 heavy (non-hydrogen) atoms. The first-order chi connectivity index (χ1) is 58.0. The number of ether oxygens (including phenoxy) is 4. The van der Waals surface area contributed by atoms with Gasteiger partial charge in [-0.1, -0.05) is 191 Å². The number of benzene rings is 4. The van der Waals surface area contributed by atoms with Crippen molar-refractivity contribution in [2.75, 3.05) is 61.3 Å². The summed E-state index contributed by atoms with van der Waals surface area (Å²) in [5.41, 5.74) is 2.29. The average Bonchev–Trinajstić information content (AvgIpc) is 0.879. The Bertz CT molecular complexity index is 4370. The third-order valence-corrected chi connectivity index (χ3v) is 27.7. The molecule has 6 aliphatic heterocycles. The van der Waals surface area contributed by atoms with E-state index in [2.05, 4.69) is 47.9 Å². The number of aromatic hydroxyl groups is 1. The van der Waals surface area contributed by atoms with Gasteiger partial charge in [0.25, 0.3) is 0 Å². The summed E-state index contributed by atoms with van der Waals surface area (Å²) in [5.74, 6) is -6.28. The SMILES string of the molecule is CC(C)[C@H]1CC(=O)C[C@H]2/C=C/CCSSC[C@@H](NC1=O)C(=O)N[C@H](Cc1ccc(O)cc1)C(=O)NCC(=O)O2.CC(C)[C@H]1CC(=O)C[C@H]2/C=C/CCSSC[C@@H](NC1=O)C(=O)N[C@H](Cc1cccc3ccccc13)C(=O)NCC(=O)O2.COc1ccc(C[C@H]2NC(=O)[C@H]3CSSCC/C=C/[C@H](CC(=O)C[C@H](C(C)C)C(=O)N3)OC(=O)CNC2=O)cc1. The summed E-state index contributed by atoms with van der Waals surface area (Å²) in [7, 11) is 10.5. The number of allylic oxidation sites excluding steroid dienone is 3. The first-order valence-electron chi connectivity index (χ1n) is 40.4. The zero-order chi connectivity index (χ0) is 87.5. The summed E-state index contributed by atoms with van der Waals surface area (Å²) in [6.07, 6.45) is 10.2. The van der Waals surface area contributed by atoms with Crippen molar-refractivity contribution in [1.82, 2.24) is 47.9 Å². The molecule has 9 amide bonds. The minimum absolute atomic E-state index is 0.0396. The molecule has 654 valence electrons. The number of amides is 9. The second kappa shape index (κ2) is 50.3. The van der Waals surface area contributed by atoms with E-state index in [1.807, 2.05) is 102 Å². The van der Waals surface area contributed by atoms with Crippen LogP contribution in [0, 0.1) is 35.5 Å². The van der Waals surface area contributed by atoms with E-state index >= 15 is 0 Å². The second-order valence-electron chi connectivity index (χ2n) is 30.7. The van der Waals surface area contributed by atoms with Crippen molar-refractivity contribution in [2.24, 2.45) is 35.5 Å². The smallest absolute Gasteiger partial charge is 0.326 e. The molecule has 0 radical (unpaired) electrons. The monoisotopic (exact) mass is 1780 g/mol. The molecule has 12 atom stereocenters. The molecule has 35 heteroatoms. The lowest BCUT2D eigenvalue weighted by Gasteiger charge is -2.26. The fourth-order valence-electron chi connectivity index (χ4n) is 13.5. The van der Waals surface area contributed by atoms with Crippen LogP contribution < -0.4 is 52.6 Å². The zero-order valence-electron chi connectivity index (χ0n) is 68.8. The van der Waals surface area contributed by atoms with E-state index in [0.29, 0.717) is 42.1 Å². The second-order valence-corrected chi connectivity index (χ2v) is 38.6. The van der Waals surface area contributed by atoms with Crippen LogP contribution in [-0.4, -0.2) is 209 Å². The fraction of sp³-hybridized carbons (Fsp3) is 0.500. The first-order valence-corrected chi connectivity index (χ1v) is 47.8. The van der Waals surface area contributed by atoms with Crippen LogP contribution in [0.4, 0.5) is 0 Å². The number of nitrogens with one attached hydrogen (secondary N) is 9. The van der Waals surface area contributed by atoms with E-state index in [-0.39, 0.29) is 116 Å². The maximum atomic E-state index is 13.7. The summed E-state index contributed by atoms with van der Waals surface area (Å²) < 4.78 is 21.8. The van der Waals surface area contributed by atoms with Gasteiger partial charge in [0.1, 0.15) is 103 Å². The molecule has 3 saturated heterocycles. The number of fused-ring (bicyclic) bond motifs is 22. The lowest BCUT2D eigenvalue weighted by Crippen LogP contribution is -2.56. The number of rotatable bonds is 10. The first kappa shape index (κ1) is 97.2. The van der Waals surface area contributed by atoms with Gasteiger partial charge in [-0.3, -0.25) is 71.9 Å². The van der Waals surface area contributed by atoms with E-state index in [9.17, 15) is 77.0 Å². The lowest BCUT2D eigenvalue weighted by molar-refractivity contribution is -0.149. The van der Waals surface area contributed by atoms with E-state index in [0.717, 1.165) is 27.7 Å². The number of phenols is 1. The number of hydrogen-bond acceptors (Lipinski definition) is 26. The summed E-state index contributed by atoms with van der Waals surface area (Å²) in [6.45, 7) is 9.77. The molecular weight excluding hydrogens is 1670 g/mol. The number of ketones is 3. The van der Waals surface area contributed by atoms with Crippen molar-refractivity contribution in [3.05, 3.63) is 144 Å². The largest absolute Gasteiger partial charge is 0.508 e. The van der Waals surface area contributed by atoms with Crippen LogP contribution in [0.15, 0.2) is 127 Å². The molecule has 10 N–H and O–H groups in total. The van der Waals surface area contributed by atoms with Gasteiger partial charge >= 0.3 is 17.9 Å². The van der Waals surface area contributed by atoms with Crippen molar-refractivity contribution in [3.63, 3.8) is 0 Å². The highest BCUT2D eigenvalue weighted by molar-refractivity contribution is 8.77. The van der Waals surface area contributed by atoms with Crippen molar-refractivity contribution in [3.8, 4) is 11.5 Å². The van der Waals surface area contributed by atoms with Gasteiger partial charge in [0.15, 0.2) is 0 Å². The highest BCUT2D eigenvalue weighted by atomic mass is 33.1. The Morgan fingerprint density at radius 1 is 0.380 bits per heavy atom. The summed E-state index contributed by atoms with van der Waals surface area (Å²) in [6, 6.07) is 20.9. The number of carbonyl (C=O) groups is 15. The Hall–Kier alpha value is -9.29. The van der Waals surface area contributed by atoms with Crippen molar-refractivity contribution in [2.45, 2.75) is 173 Å². The quantitative estimate of drug-likeness (QED) is 0.0318. The van der Waals surface area contributed by atoms with Gasteiger partial charge in [0.05, 0.1) is 7.11 Å². The third-order valence-electron chi connectivity index (χ3n) is 20.3. The highest BCUT2D eigenvalue weighted by Gasteiger charge is 2.38. The normalized spacial score (nSPS) is 26.6. The Balaban J connectivity index is 0.000000226. The number of phenolic OH excluding ortho intramolecular Hbond substituents is 1. The van der Waals surface area contributed by atoms with Gasteiger partial charge in [0.2, 0.25) is 53.2 Å². The molecule has 4 aromatic carbocycles. The number of methoxy groups -OCH3 is 1. The molecule has 0 saturated carbocycles. The molecule has 6 aliphatic rings. The summed E-state index contributed by atoms with van der Waals surface area (Å²) >= 11 is 0. The molecule has 4 aromatic rings. The molecule has 0 aliphatic carbocycles. The van der Waals surface area contributed by atoms with Crippen LogP contribution >= 0.6 is 64.8 Å². The standard InChI is InChI=1S/C31H37N3O6S2.C28H37N3O7S2.C27H35N3O7S2/c1-19(2)25-16-22(35)15-23-11-5-6-13-41-42-18-27(34-29(25)37)31(39)33-26(30(38)32-17-28(36)40-23)14-21-10-7-9-20-8-3-4-12-24(20)21;1-17(2)22-14-19(32)13-21-6-4-5-11-39-40-16-24(31-26(22)34)28(36)30-23(27(35)29-15-25(33)38-21)12-18-7-9-20(37-3)10-8-18;1-16(2)21-13-19(32)12-20-5-3-4-10-38-39-15-23(30-25(21)34)27(36)29-22(26(35)28-14-24(33)37-20)11-17-6-8-18(31)9-7-17/h3-5,7-12,19,23,25-27H,6,13-18H2,1-2H3,(H,32,38)(H,33,39)(H,34,37);4,6-10,17,21-24H,5,11-16H2,1-3H3,(H,29,35)(H,30,36)(H,31,34);3,5-9,16,20-23,31H,4,10-15H2,1-2H3,(H,28,35)(H,29,36)(H,30,34)/b11-5+;6-4+;5-3+/t23-,25-,26-,27-;21-,22-,23-,24-;20-,21-,22-,23-/m111/s1. The number of carbonyl (C=O) groups excluding carboxylic acids is 15. The van der Waals surface area contributed by atoms with E-state index in [1.54, 1.807) is 83.3 Å². The molecular formula is C86H109N9O20S6. The van der Waals surface area contributed by atoms with E-state index in [1.165, 1.54) is 55.3 Å². The maximum Gasteiger partial charge on any atom is 0.326 e. The Kier molecular flexibility index (Phi) is 40.4. The van der Waals surface area contributed by atoms with Crippen LogP contribution in [0.2, 0.25) is 0 Å². The molecule has 29 nitrogen and oxygen atoms in total. The van der Waals surface area contributed by atoms with Gasteiger partial charge < -0.3 is 71.9 Å². The predicted molar refractivity (Wildman–Crippen MR) is 470 cm³/mol. The molecule has 6 bridgehead atoms. The van der Waals surface area contributed by atoms with E-state index < -0.39 is 163 Å². The maximum absolute atomic E-state index is 13.7. The predicted octanol–water partition coefficient (Wildman–Crippen LogP) is 7.48. The van der Waals surface area contributed by atoms with Crippen LogP contribution in [0.3, 0.4) is 0 Å².